The van der Waals surface area contributed by atoms with E-state index in [0.29, 0.717) is 6.04 Å². The summed E-state index contributed by atoms with van der Waals surface area (Å²) in [5.74, 6) is 1.16. The van der Waals surface area contributed by atoms with E-state index in [1.807, 2.05) is 13.2 Å². The first kappa shape index (κ1) is 16.0. The number of hydrogen-bond acceptors (Lipinski definition) is 3. The van der Waals surface area contributed by atoms with Crippen LogP contribution in [0, 0.1) is 6.92 Å². The Morgan fingerprint density at radius 3 is 2.63 bits per heavy atom. The topological polar surface area (TPSA) is 28.2 Å². The smallest absolute Gasteiger partial charge is 0.131 e. The van der Waals surface area contributed by atoms with Crippen LogP contribution in [0.2, 0.25) is 0 Å². The summed E-state index contributed by atoms with van der Waals surface area (Å²) < 4.78 is 0. The highest BCUT2D eigenvalue weighted by atomic mass is 15.2. The Balaban J connectivity index is 2.94. The molecule has 0 aromatic carbocycles. The fourth-order valence-corrected chi connectivity index (χ4v) is 2.31. The fourth-order valence-electron chi connectivity index (χ4n) is 2.31. The normalized spacial score (nSPS) is 12.5. The van der Waals surface area contributed by atoms with E-state index >= 15 is 0 Å². The van der Waals surface area contributed by atoms with Crippen LogP contribution in [0.4, 0.5) is 5.82 Å². The lowest BCUT2D eigenvalue weighted by molar-refractivity contribution is 0.588. The number of pyridine rings is 1. The first-order chi connectivity index (χ1) is 9.13. The van der Waals surface area contributed by atoms with Gasteiger partial charge in [0.1, 0.15) is 5.82 Å². The highest BCUT2D eigenvalue weighted by molar-refractivity contribution is 5.48. The van der Waals surface area contributed by atoms with Gasteiger partial charge in [0.05, 0.1) is 0 Å². The first-order valence-electron chi connectivity index (χ1n) is 7.50. The molecule has 0 fully saturated rings. The molecule has 0 spiro atoms. The van der Waals surface area contributed by atoms with Crippen LogP contribution in [-0.4, -0.2) is 24.6 Å². The highest BCUT2D eigenvalue weighted by Gasteiger charge is 2.16. The molecule has 0 aliphatic heterocycles. The molecule has 0 saturated carbocycles. The van der Waals surface area contributed by atoms with Crippen LogP contribution in [0.25, 0.3) is 0 Å². The molecule has 3 heteroatoms. The van der Waals surface area contributed by atoms with Crippen molar-refractivity contribution in [3.05, 3.63) is 23.4 Å². The van der Waals surface area contributed by atoms with Gasteiger partial charge in [-0.05, 0) is 50.9 Å². The van der Waals surface area contributed by atoms with Crippen LogP contribution in [0.1, 0.15) is 51.2 Å². The Labute approximate surface area is 118 Å². The molecule has 3 nitrogen and oxygen atoms in total. The number of unbranched alkanes of at least 4 members (excludes halogenated alkanes) is 1. The predicted molar refractivity (Wildman–Crippen MR) is 83.7 cm³/mol. The van der Waals surface area contributed by atoms with Gasteiger partial charge in [-0.2, -0.15) is 0 Å². The molecule has 1 unspecified atom stereocenters. The number of nitrogens with one attached hydrogen (secondary N) is 1. The monoisotopic (exact) mass is 263 g/mol. The Hall–Kier alpha value is -1.09. The average molecular weight is 263 g/mol. The van der Waals surface area contributed by atoms with Crippen LogP contribution in [0.15, 0.2) is 12.3 Å². The van der Waals surface area contributed by atoms with Gasteiger partial charge in [-0.3, -0.25) is 0 Å². The fraction of sp³-hybridized carbons (Fsp3) is 0.688. The van der Waals surface area contributed by atoms with Crippen molar-refractivity contribution in [2.45, 2.75) is 59.5 Å². The molecule has 0 aliphatic carbocycles. The minimum atomic E-state index is 0.549. The van der Waals surface area contributed by atoms with E-state index in [1.54, 1.807) is 0 Å². The average Bonchev–Trinajstić information content (AvgIpc) is 2.41. The Kier molecular flexibility index (Phi) is 6.85. The van der Waals surface area contributed by atoms with Crippen LogP contribution < -0.4 is 10.2 Å². The summed E-state index contributed by atoms with van der Waals surface area (Å²) in [5, 5.41) is 3.17. The number of aromatic nitrogens is 1. The number of nitrogens with zero attached hydrogens (tertiary/aromatic N) is 2. The second-order valence-corrected chi connectivity index (χ2v) is 5.32. The first-order valence-corrected chi connectivity index (χ1v) is 7.50. The Bertz CT molecular complexity index is 376. The molecular weight excluding hydrogens is 234 g/mol. The summed E-state index contributed by atoms with van der Waals surface area (Å²) in [5.41, 5.74) is 2.53. The summed E-state index contributed by atoms with van der Waals surface area (Å²) in [7, 11) is 1.97. The number of hydrogen-bond donors (Lipinski definition) is 1. The molecule has 0 saturated heterocycles. The lowest BCUT2D eigenvalue weighted by atomic mass is 10.1. The van der Waals surface area contributed by atoms with E-state index in [2.05, 4.69) is 44.0 Å². The third-order valence-corrected chi connectivity index (χ3v) is 3.64. The predicted octanol–water partition coefficient (Wildman–Crippen LogP) is 3.51. The van der Waals surface area contributed by atoms with Crippen LogP contribution in [0.3, 0.4) is 0 Å². The van der Waals surface area contributed by atoms with Crippen molar-refractivity contribution >= 4 is 5.82 Å². The van der Waals surface area contributed by atoms with Crippen LogP contribution in [0.5, 0.6) is 0 Å². The summed E-state index contributed by atoms with van der Waals surface area (Å²) >= 11 is 0. The maximum atomic E-state index is 4.71. The summed E-state index contributed by atoms with van der Waals surface area (Å²) in [6, 6.07) is 2.80. The summed E-state index contributed by atoms with van der Waals surface area (Å²) in [6.07, 6.45) is 5.61. The maximum Gasteiger partial charge on any atom is 0.131 e. The second-order valence-electron chi connectivity index (χ2n) is 5.32. The van der Waals surface area contributed by atoms with E-state index in [0.717, 1.165) is 25.3 Å². The van der Waals surface area contributed by atoms with Gasteiger partial charge in [-0.25, -0.2) is 4.98 Å². The molecular formula is C16H29N3. The maximum absolute atomic E-state index is 4.71. The van der Waals surface area contributed by atoms with Gasteiger partial charge in [0.15, 0.2) is 0 Å². The zero-order valence-electron chi connectivity index (χ0n) is 13.2. The highest BCUT2D eigenvalue weighted by Crippen LogP contribution is 2.22. The number of anilines is 1. The molecule has 1 aromatic rings. The van der Waals surface area contributed by atoms with Crippen molar-refractivity contribution in [3.63, 3.8) is 0 Å². The molecule has 108 valence electrons. The molecule has 19 heavy (non-hydrogen) atoms. The van der Waals surface area contributed by atoms with Gasteiger partial charge in [0.2, 0.25) is 0 Å². The minimum absolute atomic E-state index is 0.549. The van der Waals surface area contributed by atoms with Gasteiger partial charge in [0.25, 0.3) is 0 Å². The molecule has 1 atom stereocenters. The SMILES string of the molecule is CCCCN(c1ncc(CNC)cc1C)C(C)CC. The largest absolute Gasteiger partial charge is 0.354 e. The van der Waals surface area contributed by atoms with Crippen molar-refractivity contribution in [2.24, 2.45) is 0 Å². The van der Waals surface area contributed by atoms with Gasteiger partial charge >= 0.3 is 0 Å². The van der Waals surface area contributed by atoms with E-state index in [9.17, 15) is 0 Å². The molecule has 0 amide bonds. The zero-order chi connectivity index (χ0) is 14.3. The zero-order valence-corrected chi connectivity index (χ0v) is 13.2. The van der Waals surface area contributed by atoms with Crippen molar-refractivity contribution in [1.82, 2.24) is 10.3 Å². The molecule has 0 radical (unpaired) electrons. The summed E-state index contributed by atoms with van der Waals surface area (Å²) in [4.78, 5) is 7.17. The minimum Gasteiger partial charge on any atom is -0.354 e. The van der Waals surface area contributed by atoms with E-state index in [-0.39, 0.29) is 0 Å². The van der Waals surface area contributed by atoms with E-state index in [4.69, 9.17) is 4.98 Å². The Morgan fingerprint density at radius 2 is 2.11 bits per heavy atom. The quantitative estimate of drug-likeness (QED) is 0.778. The van der Waals surface area contributed by atoms with Crippen molar-refractivity contribution in [2.75, 3.05) is 18.5 Å². The number of aryl methyl sites for hydroxylation is 1. The molecule has 1 N–H and O–H groups in total. The Morgan fingerprint density at radius 1 is 1.37 bits per heavy atom. The summed E-state index contributed by atoms with van der Waals surface area (Å²) in [6.45, 7) is 10.9. The van der Waals surface area contributed by atoms with Crippen LogP contribution >= 0.6 is 0 Å². The van der Waals surface area contributed by atoms with Gasteiger partial charge in [-0.15, -0.1) is 0 Å². The lowest BCUT2D eigenvalue weighted by Crippen LogP contribution is -2.34. The molecule has 1 aromatic heterocycles. The third kappa shape index (κ3) is 4.50. The van der Waals surface area contributed by atoms with Crippen molar-refractivity contribution in [1.29, 1.82) is 0 Å². The van der Waals surface area contributed by atoms with Crippen molar-refractivity contribution < 1.29 is 0 Å². The van der Waals surface area contributed by atoms with E-state index in [1.165, 1.54) is 24.0 Å². The van der Waals surface area contributed by atoms with Crippen LogP contribution in [-0.2, 0) is 6.54 Å². The molecule has 1 heterocycles. The van der Waals surface area contributed by atoms with Gasteiger partial charge in [0, 0.05) is 25.3 Å². The van der Waals surface area contributed by atoms with Crippen molar-refractivity contribution in [3.8, 4) is 0 Å². The standard InChI is InChI=1S/C16H29N3/c1-6-8-9-19(14(4)7-2)16-13(3)10-15(11-17-5)12-18-16/h10,12,14,17H,6-9,11H2,1-5H3. The van der Waals surface area contributed by atoms with Gasteiger partial charge in [-0.1, -0.05) is 20.3 Å². The second kappa shape index (κ2) is 8.16. The molecule has 0 bridgehead atoms. The van der Waals surface area contributed by atoms with E-state index < -0.39 is 0 Å². The molecule has 0 aliphatic rings. The number of rotatable bonds is 8. The third-order valence-electron chi connectivity index (χ3n) is 3.64. The lowest BCUT2D eigenvalue weighted by Gasteiger charge is -2.31. The van der Waals surface area contributed by atoms with Gasteiger partial charge < -0.3 is 10.2 Å². The molecule has 1 rings (SSSR count).